The Morgan fingerprint density at radius 1 is 1.07 bits per heavy atom. The maximum Gasteiger partial charge on any atom is 0.247 e. The van der Waals surface area contributed by atoms with E-state index in [0.29, 0.717) is 17.7 Å². The van der Waals surface area contributed by atoms with Gasteiger partial charge in [-0.2, -0.15) is 0 Å². The molecule has 3 heteroatoms. The van der Waals surface area contributed by atoms with E-state index in [1.807, 2.05) is 12.1 Å². The van der Waals surface area contributed by atoms with Crippen molar-refractivity contribution >= 4 is 0 Å². The molecular weight excluding hydrogens is 188 g/mol. The van der Waals surface area contributed by atoms with Gasteiger partial charge in [-0.05, 0) is 23.6 Å². The molecule has 0 unspecified atom stereocenters. The summed E-state index contributed by atoms with van der Waals surface area (Å²) in [5, 5.41) is 7.78. The van der Waals surface area contributed by atoms with Crippen LogP contribution < -0.4 is 0 Å². The lowest BCUT2D eigenvalue weighted by molar-refractivity contribution is 0.533. The lowest BCUT2D eigenvalue weighted by atomic mass is 10.0. The van der Waals surface area contributed by atoms with Gasteiger partial charge in [-0.25, -0.2) is 0 Å². The van der Waals surface area contributed by atoms with Gasteiger partial charge in [0.1, 0.15) is 0 Å². The third-order valence-electron chi connectivity index (χ3n) is 2.35. The number of rotatable bonds is 2. The van der Waals surface area contributed by atoms with Gasteiger partial charge in [-0.15, -0.1) is 10.2 Å². The molecule has 0 saturated heterocycles. The summed E-state index contributed by atoms with van der Waals surface area (Å²) in [4.78, 5) is 0. The van der Waals surface area contributed by atoms with Gasteiger partial charge < -0.3 is 4.42 Å². The zero-order chi connectivity index (χ0) is 10.8. The molecule has 0 bridgehead atoms. The molecule has 1 aromatic heterocycles. The molecule has 0 aliphatic rings. The van der Waals surface area contributed by atoms with Crippen molar-refractivity contribution in [2.75, 3.05) is 0 Å². The van der Waals surface area contributed by atoms with Crippen LogP contribution in [0.25, 0.3) is 11.5 Å². The summed E-state index contributed by atoms with van der Waals surface area (Å²) in [6.45, 7) is 6.14. The van der Waals surface area contributed by atoms with E-state index in [1.165, 1.54) is 5.56 Å². The Balaban J connectivity index is 2.31. The second-order valence-electron chi connectivity index (χ2n) is 3.90. The highest BCUT2D eigenvalue weighted by Gasteiger charge is 2.06. The average molecular weight is 202 g/mol. The van der Waals surface area contributed by atoms with Crippen LogP contribution in [0.4, 0.5) is 0 Å². The van der Waals surface area contributed by atoms with Crippen LogP contribution in [0.5, 0.6) is 0 Å². The van der Waals surface area contributed by atoms with E-state index in [1.54, 1.807) is 6.92 Å². The highest BCUT2D eigenvalue weighted by molar-refractivity contribution is 5.53. The second kappa shape index (κ2) is 3.85. The summed E-state index contributed by atoms with van der Waals surface area (Å²) >= 11 is 0. The predicted molar refractivity (Wildman–Crippen MR) is 58.6 cm³/mol. The first-order valence-corrected chi connectivity index (χ1v) is 5.07. The van der Waals surface area contributed by atoms with Crippen molar-refractivity contribution in [3.05, 3.63) is 35.7 Å². The van der Waals surface area contributed by atoms with Crippen molar-refractivity contribution in [1.82, 2.24) is 10.2 Å². The van der Waals surface area contributed by atoms with Gasteiger partial charge in [0.2, 0.25) is 11.8 Å². The third kappa shape index (κ3) is 2.06. The number of hydrogen-bond acceptors (Lipinski definition) is 3. The van der Waals surface area contributed by atoms with Gasteiger partial charge in [0.05, 0.1) is 0 Å². The van der Waals surface area contributed by atoms with Crippen LogP contribution in [-0.4, -0.2) is 10.2 Å². The Labute approximate surface area is 89.2 Å². The SMILES string of the molecule is Cc1nnc(-c2ccc(C(C)C)cc2)o1. The smallest absolute Gasteiger partial charge is 0.247 e. The summed E-state index contributed by atoms with van der Waals surface area (Å²) in [5.41, 5.74) is 2.29. The standard InChI is InChI=1S/C12H14N2O/c1-8(2)10-4-6-11(7-5-10)12-14-13-9(3)15-12/h4-8H,1-3H3. The Hall–Kier alpha value is -1.64. The molecule has 1 aromatic carbocycles. The monoisotopic (exact) mass is 202 g/mol. The van der Waals surface area contributed by atoms with Gasteiger partial charge in [-0.3, -0.25) is 0 Å². The highest BCUT2D eigenvalue weighted by Crippen LogP contribution is 2.21. The number of hydrogen-bond donors (Lipinski definition) is 0. The van der Waals surface area contributed by atoms with Gasteiger partial charge in [-0.1, -0.05) is 26.0 Å². The van der Waals surface area contributed by atoms with Crippen molar-refractivity contribution in [1.29, 1.82) is 0 Å². The van der Waals surface area contributed by atoms with E-state index in [4.69, 9.17) is 4.42 Å². The molecular formula is C12H14N2O. The van der Waals surface area contributed by atoms with E-state index in [2.05, 4.69) is 36.2 Å². The minimum atomic E-state index is 0.545. The van der Waals surface area contributed by atoms with Crippen LogP contribution in [-0.2, 0) is 0 Å². The predicted octanol–water partition coefficient (Wildman–Crippen LogP) is 3.17. The minimum absolute atomic E-state index is 0.545. The van der Waals surface area contributed by atoms with Crippen molar-refractivity contribution in [3.8, 4) is 11.5 Å². The van der Waals surface area contributed by atoms with E-state index in [-0.39, 0.29) is 0 Å². The number of aromatic nitrogens is 2. The molecule has 15 heavy (non-hydrogen) atoms. The quantitative estimate of drug-likeness (QED) is 0.750. The highest BCUT2D eigenvalue weighted by atomic mass is 16.4. The number of aryl methyl sites for hydroxylation is 1. The first-order valence-electron chi connectivity index (χ1n) is 5.07. The van der Waals surface area contributed by atoms with Gasteiger partial charge in [0.15, 0.2) is 0 Å². The first-order chi connectivity index (χ1) is 7.16. The van der Waals surface area contributed by atoms with E-state index >= 15 is 0 Å². The Kier molecular flexibility index (Phi) is 2.54. The Morgan fingerprint density at radius 2 is 1.73 bits per heavy atom. The van der Waals surface area contributed by atoms with Crippen LogP contribution in [0.1, 0.15) is 31.2 Å². The maximum absolute atomic E-state index is 5.35. The molecule has 2 rings (SSSR count). The average Bonchev–Trinajstić information content (AvgIpc) is 2.65. The molecule has 0 aliphatic carbocycles. The summed E-state index contributed by atoms with van der Waals surface area (Å²) in [7, 11) is 0. The normalized spacial score (nSPS) is 10.9. The Bertz CT molecular complexity index is 443. The Morgan fingerprint density at radius 3 is 2.20 bits per heavy atom. The second-order valence-corrected chi connectivity index (χ2v) is 3.90. The molecule has 0 spiro atoms. The zero-order valence-corrected chi connectivity index (χ0v) is 9.19. The van der Waals surface area contributed by atoms with Crippen LogP contribution in [0, 0.1) is 6.92 Å². The van der Waals surface area contributed by atoms with Crippen molar-refractivity contribution < 1.29 is 4.42 Å². The van der Waals surface area contributed by atoms with E-state index in [9.17, 15) is 0 Å². The van der Waals surface area contributed by atoms with Gasteiger partial charge in [0.25, 0.3) is 0 Å². The molecule has 0 amide bonds. The first kappa shape index (κ1) is 9.90. The fourth-order valence-corrected chi connectivity index (χ4v) is 1.42. The molecule has 1 heterocycles. The molecule has 3 nitrogen and oxygen atoms in total. The topological polar surface area (TPSA) is 38.9 Å². The van der Waals surface area contributed by atoms with Crippen LogP contribution in [0.2, 0.25) is 0 Å². The van der Waals surface area contributed by atoms with Crippen LogP contribution in [0.15, 0.2) is 28.7 Å². The third-order valence-corrected chi connectivity index (χ3v) is 2.35. The summed E-state index contributed by atoms with van der Waals surface area (Å²) < 4.78 is 5.35. The number of benzene rings is 1. The summed E-state index contributed by atoms with van der Waals surface area (Å²) in [6, 6.07) is 8.23. The molecule has 2 aromatic rings. The maximum atomic E-state index is 5.35. The lowest BCUT2D eigenvalue weighted by Crippen LogP contribution is -1.86. The molecule has 0 radical (unpaired) electrons. The molecule has 0 N–H and O–H groups in total. The summed E-state index contributed by atoms with van der Waals surface area (Å²) in [6.07, 6.45) is 0. The minimum Gasteiger partial charge on any atom is -0.421 e. The molecule has 0 aliphatic heterocycles. The van der Waals surface area contributed by atoms with Gasteiger partial charge >= 0.3 is 0 Å². The van der Waals surface area contributed by atoms with Crippen LogP contribution >= 0.6 is 0 Å². The van der Waals surface area contributed by atoms with Gasteiger partial charge in [0, 0.05) is 12.5 Å². The molecule has 0 atom stereocenters. The van der Waals surface area contributed by atoms with Crippen molar-refractivity contribution in [2.24, 2.45) is 0 Å². The van der Waals surface area contributed by atoms with Crippen LogP contribution in [0.3, 0.4) is 0 Å². The van der Waals surface area contributed by atoms with E-state index in [0.717, 1.165) is 5.56 Å². The molecule has 0 saturated carbocycles. The largest absolute Gasteiger partial charge is 0.421 e. The molecule has 0 fully saturated rings. The lowest BCUT2D eigenvalue weighted by Gasteiger charge is -2.04. The summed E-state index contributed by atoms with van der Waals surface area (Å²) in [5.74, 6) is 1.73. The fourth-order valence-electron chi connectivity index (χ4n) is 1.42. The van der Waals surface area contributed by atoms with E-state index < -0.39 is 0 Å². The molecule has 78 valence electrons. The van der Waals surface area contributed by atoms with Crippen molar-refractivity contribution in [3.63, 3.8) is 0 Å². The fraction of sp³-hybridized carbons (Fsp3) is 0.333. The number of nitrogens with zero attached hydrogens (tertiary/aromatic N) is 2. The van der Waals surface area contributed by atoms with Crippen molar-refractivity contribution in [2.45, 2.75) is 26.7 Å². The zero-order valence-electron chi connectivity index (χ0n) is 9.19.